The average Bonchev–Trinajstić information content (AvgIpc) is 3.29. The fraction of sp³-hybridized carbons (Fsp3) is 0.368. The summed E-state index contributed by atoms with van der Waals surface area (Å²) in [6.07, 6.45) is 7.31. The van der Waals surface area contributed by atoms with E-state index in [4.69, 9.17) is 10.5 Å². The molecule has 0 saturated carbocycles. The molecule has 3 rings (SSSR count). The number of anilines is 1. The van der Waals surface area contributed by atoms with Gasteiger partial charge in [0, 0.05) is 18.3 Å². The number of carbonyl (C=O) groups excluding carboxylic acids is 1. The number of H-pyrrole nitrogens is 1. The Morgan fingerprint density at radius 2 is 2.04 bits per heavy atom. The Bertz CT molecular complexity index is 868. The molecule has 142 valence electrons. The highest BCUT2D eigenvalue weighted by molar-refractivity contribution is 5.78. The molecule has 2 aromatic heterocycles. The zero-order valence-electron chi connectivity index (χ0n) is 15.4. The molecular weight excluding hydrogens is 344 g/mol. The van der Waals surface area contributed by atoms with Gasteiger partial charge in [0.15, 0.2) is 11.7 Å². The predicted octanol–water partition coefficient (Wildman–Crippen LogP) is 1.97. The van der Waals surface area contributed by atoms with Crippen molar-refractivity contribution in [3.05, 3.63) is 53.6 Å². The molecule has 1 aromatic carbocycles. The monoisotopic (exact) mass is 368 g/mol. The molecule has 8 heteroatoms. The number of nitrogens with two attached hydrogens (primary N) is 1. The zero-order chi connectivity index (χ0) is 19.1. The maximum absolute atomic E-state index is 12.2. The SMILES string of the molecule is COc1ccc(CCC(=O)Cn2cc(CCCc3cnc(N)[nH]3)nn2)cc1. The molecule has 8 nitrogen and oxygen atoms in total. The van der Waals surface area contributed by atoms with Crippen molar-refractivity contribution in [3.8, 4) is 5.75 Å². The van der Waals surface area contributed by atoms with Crippen molar-refractivity contribution >= 4 is 11.7 Å². The first kappa shape index (κ1) is 18.6. The molecule has 0 saturated heterocycles. The molecular formula is C19H24N6O2. The number of benzene rings is 1. The first-order valence-corrected chi connectivity index (χ1v) is 8.95. The normalized spacial score (nSPS) is 10.9. The van der Waals surface area contributed by atoms with Crippen molar-refractivity contribution in [2.24, 2.45) is 0 Å². The minimum Gasteiger partial charge on any atom is -0.497 e. The van der Waals surface area contributed by atoms with Crippen LogP contribution >= 0.6 is 0 Å². The number of Topliss-reactive ketones (excluding diaryl/α,β-unsaturated/α-hetero) is 1. The summed E-state index contributed by atoms with van der Waals surface area (Å²) in [5, 5.41) is 8.19. The topological polar surface area (TPSA) is 112 Å². The molecule has 0 bridgehead atoms. The second-order valence-corrected chi connectivity index (χ2v) is 6.44. The first-order valence-electron chi connectivity index (χ1n) is 8.95. The largest absolute Gasteiger partial charge is 0.497 e. The van der Waals surface area contributed by atoms with E-state index in [0.29, 0.717) is 18.8 Å². The number of nitrogens with one attached hydrogen (secondary N) is 1. The summed E-state index contributed by atoms with van der Waals surface area (Å²) >= 11 is 0. The number of aromatic nitrogens is 5. The zero-order valence-corrected chi connectivity index (χ0v) is 15.4. The van der Waals surface area contributed by atoms with Crippen molar-refractivity contribution in [3.63, 3.8) is 0 Å². The molecule has 0 unspecified atom stereocenters. The van der Waals surface area contributed by atoms with Gasteiger partial charge >= 0.3 is 0 Å². The number of ketones is 1. The molecule has 2 heterocycles. The fourth-order valence-electron chi connectivity index (χ4n) is 2.83. The van der Waals surface area contributed by atoms with Crippen molar-refractivity contribution in [2.45, 2.75) is 38.6 Å². The minimum absolute atomic E-state index is 0.134. The molecule has 0 spiro atoms. The van der Waals surface area contributed by atoms with E-state index < -0.39 is 0 Å². The number of carbonyl (C=O) groups is 1. The highest BCUT2D eigenvalue weighted by Gasteiger charge is 2.08. The summed E-state index contributed by atoms with van der Waals surface area (Å²) in [6, 6.07) is 7.77. The summed E-state index contributed by atoms with van der Waals surface area (Å²) in [4.78, 5) is 19.2. The second-order valence-electron chi connectivity index (χ2n) is 6.44. The first-order chi connectivity index (χ1) is 13.1. The number of hydrogen-bond donors (Lipinski definition) is 2. The third kappa shape index (κ3) is 5.67. The Labute approximate surface area is 157 Å². The van der Waals surface area contributed by atoms with Crippen LogP contribution in [0.2, 0.25) is 0 Å². The van der Waals surface area contributed by atoms with E-state index in [1.165, 1.54) is 0 Å². The van der Waals surface area contributed by atoms with E-state index in [2.05, 4.69) is 20.3 Å². The number of nitrogens with zero attached hydrogens (tertiary/aromatic N) is 4. The van der Waals surface area contributed by atoms with Gasteiger partial charge < -0.3 is 15.5 Å². The summed E-state index contributed by atoms with van der Waals surface area (Å²) in [7, 11) is 1.64. The number of rotatable bonds is 10. The van der Waals surface area contributed by atoms with Crippen molar-refractivity contribution < 1.29 is 9.53 Å². The Morgan fingerprint density at radius 3 is 2.74 bits per heavy atom. The lowest BCUT2D eigenvalue weighted by molar-refractivity contribution is -0.119. The van der Waals surface area contributed by atoms with Gasteiger partial charge in [-0.25, -0.2) is 9.67 Å². The molecule has 0 aliphatic heterocycles. The number of methoxy groups -OCH3 is 1. The van der Waals surface area contributed by atoms with Gasteiger partial charge in [-0.2, -0.15) is 0 Å². The molecule has 3 N–H and O–H groups in total. The third-order valence-electron chi connectivity index (χ3n) is 4.30. The van der Waals surface area contributed by atoms with Gasteiger partial charge in [-0.1, -0.05) is 17.3 Å². The molecule has 27 heavy (non-hydrogen) atoms. The maximum Gasteiger partial charge on any atom is 0.197 e. The van der Waals surface area contributed by atoms with Gasteiger partial charge in [-0.3, -0.25) is 4.79 Å². The van der Waals surface area contributed by atoms with Crippen LogP contribution in [-0.4, -0.2) is 37.9 Å². The van der Waals surface area contributed by atoms with Crippen LogP contribution in [0.5, 0.6) is 5.75 Å². The number of imidazole rings is 1. The number of nitrogen functional groups attached to an aromatic ring is 1. The van der Waals surface area contributed by atoms with Crippen molar-refractivity contribution in [1.82, 2.24) is 25.0 Å². The smallest absolute Gasteiger partial charge is 0.197 e. The van der Waals surface area contributed by atoms with E-state index in [1.807, 2.05) is 30.5 Å². The molecule has 3 aromatic rings. The van der Waals surface area contributed by atoms with Gasteiger partial charge in [0.1, 0.15) is 12.3 Å². The van der Waals surface area contributed by atoms with E-state index >= 15 is 0 Å². The standard InChI is InChI=1S/C19H24N6O2/c1-27-18-9-6-14(7-10-18)5-8-17(26)13-25-12-16(23-24-25)4-2-3-15-11-21-19(20)22-15/h6-7,9-12H,2-5,8,13H2,1H3,(H3,20,21,22). The van der Waals surface area contributed by atoms with E-state index in [-0.39, 0.29) is 12.3 Å². The molecule has 0 radical (unpaired) electrons. The van der Waals surface area contributed by atoms with Crippen LogP contribution in [0.25, 0.3) is 0 Å². The van der Waals surface area contributed by atoms with Gasteiger partial charge in [0.2, 0.25) is 0 Å². The number of aromatic amines is 1. The Morgan fingerprint density at radius 1 is 1.22 bits per heavy atom. The molecule has 0 aliphatic carbocycles. The lowest BCUT2D eigenvalue weighted by Crippen LogP contribution is -2.11. The Balaban J connectivity index is 1.40. The summed E-state index contributed by atoms with van der Waals surface area (Å²) in [5.41, 5.74) is 8.56. The number of hydrogen-bond acceptors (Lipinski definition) is 6. The van der Waals surface area contributed by atoms with Crippen molar-refractivity contribution in [2.75, 3.05) is 12.8 Å². The number of ether oxygens (including phenoxy) is 1. The maximum atomic E-state index is 12.2. The summed E-state index contributed by atoms with van der Waals surface area (Å²) < 4.78 is 6.75. The van der Waals surface area contributed by atoms with Crippen molar-refractivity contribution in [1.29, 1.82) is 0 Å². The highest BCUT2D eigenvalue weighted by atomic mass is 16.5. The van der Waals surface area contributed by atoms with Gasteiger partial charge in [0.25, 0.3) is 0 Å². The van der Waals surface area contributed by atoms with Gasteiger partial charge in [-0.15, -0.1) is 5.10 Å². The van der Waals surface area contributed by atoms with Crippen LogP contribution in [0.3, 0.4) is 0 Å². The van der Waals surface area contributed by atoms with Crippen LogP contribution in [0.15, 0.2) is 36.7 Å². The van der Waals surface area contributed by atoms with Crippen LogP contribution in [0.4, 0.5) is 5.95 Å². The third-order valence-corrected chi connectivity index (χ3v) is 4.30. The molecule has 0 atom stereocenters. The fourth-order valence-corrected chi connectivity index (χ4v) is 2.83. The Kier molecular flexibility index (Phi) is 6.19. The minimum atomic E-state index is 0.134. The van der Waals surface area contributed by atoms with Crippen LogP contribution in [0.1, 0.15) is 29.8 Å². The quantitative estimate of drug-likeness (QED) is 0.566. The molecule has 0 amide bonds. The van der Waals surface area contributed by atoms with Crippen LogP contribution in [-0.2, 0) is 30.6 Å². The van der Waals surface area contributed by atoms with Crippen LogP contribution in [0, 0.1) is 0 Å². The van der Waals surface area contributed by atoms with E-state index in [9.17, 15) is 4.79 Å². The summed E-state index contributed by atoms with van der Waals surface area (Å²) in [6.45, 7) is 0.250. The van der Waals surface area contributed by atoms with E-state index in [0.717, 1.165) is 42.0 Å². The predicted molar refractivity (Wildman–Crippen MR) is 101 cm³/mol. The Hall–Kier alpha value is -3.16. The van der Waals surface area contributed by atoms with Gasteiger partial charge in [-0.05, 0) is 43.4 Å². The highest BCUT2D eigenvalue weighted by Crippen LogP contribution is 2.13. The van der Waals surface area contributed by atoms with E-state index in [1.54, 1.807) is 18.0 Å². The van der Waals surface area contributed by atoms with Crippen LogP contribution < -0.4 is 10.5 Å². The number of aryl methyl sites for hydroxylation is 3. The lowest BCUT2D eigenvalue weighted by atomic mass is 10.1. The molecule has 0 aliphatic rings. The lowest BCUT2D eigenvalue weighted by Gasteiger charge is -2.03. The average molecular weight is 368 g/mol. The second kappa shape index (κ2) is 8.98. The summed E-state index contributed by atoms with van der Waals surface area (Å²) in [5.74, 6) is 1.38. The van der Waals surface area contributed by atoms with Gasteiger partial charge in [0.05, 0.1) is 19.0 Å². The molecule has 0 fully saturated rings.